The van der Waals surface area contributed by atoms with Crippen LogP contribution >= 0.6 is 0 Å². The second-order valence-corrected chi connectivity index (χ2v) is 11.8. The molecule has 3 aromatic rings. The van der Waals surface area contributed by atoms with Crippen LogP contribution in [0.5, 0.6) is 0 Å². The van der Waals surface area contributed by atoms with Crippen molar-refractivity contribution in [2.45, 2.75) is 31.2 Å². The van der Waals surface area contributed by atoms with Gasteiger partial charge < -0.3 is 0 Å². The number of nitrogens with one attached hydrogen (secondary N) is 1. The first-order valence-electron chi connectivity index (χ1n) is 10.5. The Morgan fingerprint density at radius 2 is 1.59 bits per heavy atom. The highest BCUT2D eigenvalue weighted by Crippen LogP contribution is 2.27. The zero-order valence-corrected chi connectivity index (χ0v) is 19.5. The molecule has 32 heavy (non-hydrogen) atoms. The summed E-state index contributed by atoms with van der Waals surface area (Å²) in [7, 11) is -7.14. The lowest BCUT2D eigenvalue weighted by atomic mass is 10.0. The number of fused-ring (bicyclic) bond motifs is 1. The molecule has 1 heterocycles. The second-order valence-electron chi connectivity index (χ2n) is 8.04. The van der Waals surface area contributed by atoms with Gasteiger partial charge in [0.05, 0.1) is 10.6 Å². The molecule has 168 valence electrons. The predicted octanol–water partition coefficient (Wildman–Crippen LogP) is 3.73. The van der Waals surface area contributed by atoms with Crippen molar-refractivity contribution in [2.24, 2.45) is 0 Å². The smallest absolute Gasteiger partial charge is 0.243 e. The van der Waals surface area contributed by atoms with Crippen LogP contribution in [0.3, 0.4) is 0 Å². The van der Waals surface area contributed by atoms with Crippen molar-refractivity contribution in [1.82, 2.24) is 4.31 Å². The Kier molecular flexibility index (Phi) is 6.37. The van der Waals surface area contributed by atoms with Crippen molar-refractivity contribution in [1.29, 1.82) is 0 Å². The fourth-order valence-electron chi connectivity index (χ4n) is 3.79. The first-order valence-corrected chi connectivity index (χ1v) is 13.6. The van der Waals surface area contributed by atoms with Gasteiger partial charge in [-0.3, -0.25) is 4.72 Å². The molecule has 0 unspecified atom stereocenters. The SMILES string of the molecule is Cc1ccc(S(=O)(=O)N2CCc3ccc(NS(=O)(=O)CCc4ccccc4)cc3C2)cc1. The average molecular weight is 471 g/mol. The Bertz CT molecular complexity index is 1300. The van der Waals surface area contributed by atoms with Gasteiger partial charge in [0, 0.05) is 18.8 Å². The van der Waals surface area contributed by atoms with Crippen LogP contribution in [-0.4, -0.2) is 33.4 Å². The van der Waals surface area contributed by atoms with E-state index in [1.54, 1.807) is 36.4 Å². The monoisotopic (exact) mass is 470 g/mol. The number of anilines is 1. The van der Waals surface area contributed by atoms with Gasteiger partial charge in [-0.25, -0.2) is 16.8 Å². The Morgan fingerprint density at radius 1 is 0.875 bits per heavy atom. The minimum atomic E-state index is -3.61. The van der Waals surface area contributed by atoms with E-state index in [1.807, 2.05) is 43.3 Å². The summed E-state index contributed by atoms with van der Waals surface area (Å²) in [6, 6.07) is 21.6. The summed E-state index contributed by atoms with van der Waals surface area (Å²) in [6.45, 7) is 2.52. The van der Waals surface area contributed by atoms with Crippen molar-refractivity contribution in [3.05, 3.63) is 95.1 Å². The number of benzene rings is 3. The summed E-state index contributed by atoms with van der Waals surface area (Å²) < 4.78 is 55.3. The van der Waals surface area contributed by atoms with Gasteiger partial charge >= 0.3 is 0 Å². The Hall–Kier alpha value is -2.68. The van der Waals surface area contributed by atoms with Gasteiger partial charge in [0.25, 0.3) is 0 Å². The van der Waals surface area contributed by atoms with Crippen molar-refractivity contribution in [3.63, 3.8) is 0 Å². The zero-order chi connectivity index (χ0) is 22.8. The molecular weight excluding hydrogens is 444 g/mol. The van der Waals surface area contributed by atoms with Gasteiger partial charge in [-0.05, 0) is 60.7 Å². The topological polar surface area (TPSA) is 83.6 Å². The molecule has 6 nitrogen and oxygen atoms in total. The normalized spacial score (nSPS) is 14.7. The third kappa shape index (κ3) is 5.20. The summed E-state index contributed by atoms with van der Waals surface area (Å²) >= 11 is 0. The average Bonchev–Trinajstić information content (AvgIpc) is 2.78. The van der Waals surface area contributed by atoms with Gasteiger partial charge in [-0.15, -0.1) is 0 Å². The van der Waals surface area contributed by atoms with E-state index in [9.17, 15) is 16.8 Å². The van der Waals surface area contributed by atoms with E-state index in [0.717, 1.165) is 22.3 Å². The van der Waals surface area contributed by atoms with Crippen LogP contribution in [0.15, 0.2) is 77.7 Å². The van der Waals surface area contributed by atoms with Crippen LogP contribution in [0.1, 0.15) is 22.3 Å². The fraction of sp³-hybridized carbons (Fsp3) is 0.250. The number of nitrogens with zero attached hydrogens (tertiary/aromatic N) is 1. The number of hydrogen-bond acceptors (Lipinski definition) is 4. The maximum absolute atomic E-state index is 13.1. The third-order valence-electron chi connectivity index (χ3n) is 5.62. The lowest BCUT2D eigenvalue weighted by Crippen LogP contribution is -2.36. The van der Waals surface area contributed by atoms with E-state index in [-0.39, 0.29) is 17.2 Å². The van der Waals surface area contributed by atoms with Crippen molar-refractivity contribution >= 4 is 25.7 Å². The van der Waals surface area contributed by atoms with Crippen LogP contribution in [0.2, 0.25) is 0 Å². The molecule has 1 N–H and O–H groups in total. The summed E-state index contributed by atoms with van der Waals surface area (Å²) in [5.74, 6) is -0.0258. The van der Waals surface area contributed by atoms with E-state index in [4.69, 9.17) is 0 Å². The minimum Gasteiger partial charge on any atom is -0.284 e. The van der Waals surface area contributed by atoms with E-state index >= 15 is 0 Å². The van der Waals surface area contributed by atoms with E-state index in [1.165, 1.54) is 4.31 Å². The molecule has 4 rings (SSSR count). The molecule has 0 aromatic heterocycles. The molecular formula is C24H26N2O4S2. The Labute approximate surface area is 190 Å². The van der Waals surface area contributed by atoms with Crippen molar-refractivity contribution in [3.8, 4) is 0 Å². The van der Waals surface area contributed by atoms with E-state index in [0.29, 0.717) is 25.1 Å². The molecule has 0 spiro atoms. The lowest BCUT2D eigenvalue weighted by molar-refractivity contribution is 0.391. The number of rotatable bonds is 7. The van der Waals surface area contributed by atoms with Gasteiger partial charge in [0.2, 0.25) is 20.0 Å². The van der Waals surface area contributed by atoms with E-state index < -0.39 is 20.0 Å². The molecule has 0 aliphatic carbocycles. The van der Waals surface area contributed by atoms with Crippen LogP contribution < -0.4 is 4.72 Å². The maximum atomic E-state index is 13.1. The molecule has 0 amide bonds. The summed E-state index contributed by atoms with van der Waals surface area (Å²) in [5, 5.41) is 0. The lowest BCUT2D eigenvalue weighted by Gasteiger charge is -2.28. The number of sulfonamides is 2. The molecule has 1 aliphatic rings. The predicted molar refractivity (Wildman–Crippen MR) is 126 cm³/mol. The van der Waals surface area contributed by atoms with Crippen molar-refractivity contribution < 1.29 is 16.8 Å². The highest BCUT2D eigenvalue weighted by molar-refractivity contribution is 7.92. The molecule has 0 atom stereocenters. The van der Waals surface area contributed by atoms with Gasteiger partial charge in [-0.2, -0.15) is 4.31 Å². The standard InChI is InChI=1S/C24H26N2O4S2/c1-19-7-11-24(12-8-19)32(29,30)26-15-13-21-9-10-23(17-22(21)18-26)25-31(27,28)16-14-20-5-3-2-4-6-20/h2-12,17,25H,13-16,18H2,1H3. The largest absolute Gasteiger partial charge is 0.284 e. The first kappa shape index (κ1) is 22.5. The molecule has 1 aliphatic heterocycles. The molecule has 0 bridgehead atoms. The summed E-state index contributed by atoms with van der Waals surface area (Å²) in [5.41, 5.74) is 4.26. The quantitative estimate of drug-likeness (QED) is 0.570. The minimum absolute atomic E-state index is 0.0258. The Balaban J connectivity index is 1.48. The zero-order valence-electron chi connectivity index (χ0n) is 17.9. The van der Waals surface area contributed by atoms with Crippen LogP contribution in [0.25, 0.3) is 0 Å². The summed E-state index contributed by atoms with van der Waals surface area (Å²) in [4.78, 5) is 0.268. The van der Waals surface area contributed by atoms with Gasteiger partial charge in [0.15, 0.2) is 0 Å². The van der Waals surface area contributed by atoms with Crippen LogP contribution in [-0.2, 0) is 39.4 Å². The third-order valence-corrected chi connectivity index (χ3v) is 8.77. The summed E-state index contributed by atoms with van der Waals surface area (Å²) in [6.07, 6.45) is 1.01. The highest BCUT2D eigenvalue weighted by Gasteiger charge is 2.28. The molecule has 0 saturated heterocycles. The molecule has 0 fully saturated rings. The molecule has 0 radical (unpaired) electrons. The van der Waals surface area contributed by atoms with Gasteiger partial charge in [-0.1, -0.05) is 54.1 Å². The highest BCUT2D eigenvalue weighted by atomic mass is 32.2. The molecule has 8 heteroatoms. The Morgan fingerprint density at radius 3 is 2.31 bits per heavy atom. The molecule has 3 aromatic carbocycles. The first-order chi connectivity index (χ1) is 15.2. The van der Waals surface area contributed by atoms with Crippen molar-refractivity contribution in [2.75, 3.05) is 17.0 Å². The van der Waals surface area contributed by atoms with Crippen LogP contribution in [0.4, 0.5) is 5.69 Å². The number of aryl methyl sites for hydroxylation is 2. The molecule has 0 saturated carbocycles. The fourth-order valence-corrected chi connectivity index (χ4v) is 6.30. The second kappa shape index (κ2) is 9.05. The van der Waals surface area contributed by atoms with Gasteiger partial charge in [0.1, 0.15) is 0 Å². The van der Waals surface area contributed by atoms with Crippen LogP contribution in [0, 0.1) is 6.92 Å². The maximum Gasteiger partial charge on any atom is 0.243 e. The van der Waals surface area contributed by atoms with E-state index in [2.05, 4.69) is 4.72 Å². The number of hydrogen-bond donors (Lipinski definition) is 1.